The Bertz CT molecular complexity index is 1110. The van der Waals surface area contributed by atoms with Crippen LogP contribution >= 0.6 is 0 Å². The Hall–Kier alpha value is -3.43. The first kappa shape index (κ1) is 22.3. The molecule has 0 N–H and O–H groups in total. The first-order valence-electron chi connectivity index (χ1n) is 8.33. The van der Waals surface area contributed by atoms with E-state index in [4.69, 9.17) is 0 Å². The zero-order chi connectivity index (χ0) is 22.9. The maximum atomic E-state index is 14.5. The van der Waals surface area contributed by atoms with Gasteiger partial charge in [-0.15, -0.1) is 13.2 Å². The molecule has 0 atom stereocenters. The van der Waals surface area contributed by atoms with Crippen LogP contribution in [0, 0.1) is 23.3 Å². The van der Waals surface area contributed by atoms with Gasteiger partial charge in [-0.05, 0) is 35.4 Å². The first-order valence-corrected chi connectivity index (χ1v) is 8.33. The van der Waals surface area contributed by atoms with Gasteiger partial charge in [-0.2, -0.15) is 0 Å². The van der Waals surface area contributed by atoms with E-state index in [1.165, 1.54) is 12.1 Å². The van der Waals surface area contributed by atoms with E-state index in [1.807, 2.05) is 0 Å². The highest BCUT2D eigenvalue weighted by atomic mass is 19.4. The number of hydrogen-bond acceptors (Lipinski definition) is 1. The number of ether oxygens (including phenoxy) is 1. The third kappa shape index (κ3) is 4.84. The minimum atomic E-state index is -5.45. The summed E-state index contributed by atoms with van der Waals surface area (Å²) in [6.07, 6.45) is -5.45. The predicted molar refractivity (Wildman–Crippen MR) is 93.9 cm³/mol. The van der Waals surface area contributed by atoms with Crippen LogP contribution in [0.2, 0.25) is 0 Å². The second kappa shape index (κ2) is 8.37. The zero-order valence-electron chi connectivity index (χ0n) is 15.0. The van der Waals surface area contributed by atoms with Crippen molar-refractivity contribution < 1.29 is 44.3 Å². The van der Waals surface area contributed by atoms with Crippen molar-refractivity contribution in [3.05, 3.63) is 89.0 Å². The normalized spacial score (nSPS) is 12.5. The van der Waals surface area contributed by atoms with Crippen molar-refractivity contribution in [1.29, 1.82) is 0 Å². The summed E-state index contributed by atoms with van der Waals surface area (Å²) in [6, 6.07) is 9.26. The summed E-state index contributed by atoms with van der Waals surface area (Å²) in [4.78, 5) is 0. The molecule has 3 aromatic rings. The van der Waals surface area contributed by atoms with Crippen molar-refractivity contribution in [2.75, 3.05) is 0 Å². The largest absolute Gasteiger partial charge is 0.573 e. The number of rotatable bonds is 4. The summed E-state index contributed by atoms with van der Waals surface area (Å²) >= 11 is 0. The van der Waals surface area contributed by atoms with Crippen molar-refractivity contribution in [1.82, 2.24) is 0 Å². The molecule has 0 saturated carbocycles. The van der Waals surface area contributed by atoms with Gasteiger partial charge in [0, 0.05) is 5.56 Å². The minimum Gasteiger partial charge on any atom is -0.399 e. The maximum Gasteiger partial charge on any atom is 0.573 e. The number of benzene rings is 3. The molecule has 0 heterocycles. The maximum absolute atomic E-state index is 14.5. The van der Waals surface area contributed by atoms with E-state index in [1.54, 1.807) is 18.2 Å². The van der Waals surface area contributed by atoms with Crippen molar-refractivity contribution in [3.63, 3.8) is 0 Å². The SMILES string of the molecule is F/C(=C(/F)c1c(F)cc(-c2ccccc2)cc1F)c1cc(F)c(OC(F)(F)F)c(F)c1. The molecule has 0 aliphatic rings. The van der Waals surface area contributed by atoms with E-state index < -0.39 is 58.2 Å². The van der Waals surface area contributed by atoms with Gasteiger partial charge in [-0.1, -0.05) is 30.3 Å². The van der Waals surface area contributed by atoms with Crippen LogP contribution < -0.4 is 4.74 Å². The average Bonchev–Trinajstić information content (AvgIpc) is 2.69. The van der Waals surface area contributed by atoms with Crippen LogP contribution in [-0.4, -0.2) is 6.36 Å². The van der Waals surface area contributed by atoms with Gasteiger partial charge in [0.2, 0.25) is 5.75 Å². The Kier molecular flexibility index (Phi) is 6.01. The molecule has 1 nitrogen and oxygen atoms in total. The molecule has 0 bridgehead atoms. The van der Waals surface area contributed by atoms with Gasteiger partial charge in [0.05, 0.1) is 5.56 Å². The number of hydrogen-bond donors (Lipinski definition) is 0. The monoisotopic (exact) mass is 448 g/mol. The summed E-state index contributed by atoms with van der Waals surface area (Å²) < 4.78 is 125. The highest BCUT2D eigenvalue weighted by Crippen LogP contribution is 2.37. The van der Waals surface area contributed by atoms with Gasteiger partial charge in [-0.25, -0.2) is 26.3 Å². The third-order valence-electron chi connectivity index (χ3n) is 4.03. The predicted octanol–water partition coefficient (Wildman–Crippen LogP) is 7.57. The standard InChI is InChI=1S/C21H9F9O/c22-13-6-11(10-4-2-1-3-5-10)7-14(23)17(13)19(27)18(26)12-8-15(24)20(16(25)9-12)31-21(28,29)30/h1-9H/b19-18+. The molecule has 3 aromatic carbocycles. The van der Waals surface area contributed by atoms with Crippen LogP contribution in [0.25, 0.3) is 22.8 Å². The van der Waals surface area contributed by atoms with E-state index in [0.29, 0.717) is 5.56 Å². The van der Waals surface area contributed by atoms with Crippen LogP contribution in [0.5, 0.6) is 5.75 Å². The van der Waals surface area contributed by atoms with E-state index in [0.717, 1.165) is 12.1 Å². The molecule has 0 spiro atoms. The minimum absolute atomic E-state index is 0.00673. The lowest BCUT2D eigenvalue weighted by Gasteiger charge is -2.12. The highest BCUT2D eigenvalue weighted by molar-refractivity contribution is 5.84. The molecule has 0 aromatic heterocycles. The molecule has 31 heavy (non-hydrogen) atoms. The van der Waals surface area contributed by atoms with Crippen LogP contribution in [0.1, 0.15) is 11.1 Å². The Morgan fingerprint density at radius 3 is 1.65 bits per heavy atom. The summed E-state index contributed by atoms with van der Waals surface area (Å²) in [6.45, 7) is 0. The fourth-order valence-corrected chi connectivity index (χ4v) is 2.72. The van der Waals surface area contributed by atoms with Crippen molar-refractivity contribution in [2.24, 2.45) is 0 Å². The summed E-state index contributed by atoms with van der Waals surface area (Å²) in [5, 5.41) is 0. The number of halogens is 9. The van der Waals surface area contributed by atoms with Crippen LogP contribution in [0.15, 0.2) is 54.6 Å². The lowest BCUT2D eigenvalue weighted by molar-refractivity contribution is -0.276. The van der Waals surface area contributed by atoms with E-state index >= 15 is 0 Å². The highest BCUT2D eigenvalue weighted by Gasteiger charge is 2.34. The molecule has 0 fully saturated rings. The quantitative estimate of drug-likeness (QED) is 0.296. The summed E-state index contributed by atoms with van der Waals surface area (Å²) in [5.74, 6) is -13.2. The molecule has 0 saturated heterocycles. The Morgan fingerprint density at radius 1 is 0.645 bits per heavy atom. The van der Waals surface area contributed by atoms with E-state index in [-0.39, 0.29) is 17.7 Å². The molecule has 10 heteroatoms. The zero-order valence-corrected chi connectivity index (χ0v) is 15.0. The smallest absolute Gasteiger partial charge is 0.399 e. The van der Waals surface area contributed by atoms with Gasteiger partial charge in [0.25, 0.3) is 0 Å². The fourth-order valence-electron chi connectivity index (χ4n) is 2.72. The molecular weight excluding hydrogens is 439 g/mol. The van der Waals surface area contributed by atoms with Gasteiger partial charge in [0.1, 0.15) is 11.6 Å². The lowest BCUT2D eigenvalue weighted by atomic mass is 10.0. The van der Waals surface area contributed by atoms with Crippen LogP contribution in [0.4, 0.5) is 39.5 Å². The molecule has 0 radical (unpaired) electrons. The Balaban J connectivity index is 2.05. The van der Waals surface area contributed by atoms with Crippen molar-refractivity contribution >= 4 is 11.7 Å². The molecule has 0 aliphatic carbocycles. The molecule has 162 valence electrons. The second-order valence-corrected chi connectivity index (χ2v) is 6.13. The Morgan fingerprint density at radius 2 is 1.16 bits per heavy atom. The van der Waals surface area contributed by atoms with E-state index in [9.17, 15) is 39.5 Å². The third-order valence-corrected chi connectivity index (χ3v) is 4.03. The summed E-state index contributed by atoms with van der Waals surface area (Å²) in [5.41, 5.74) is -2.29. The fraction of sp³-hybridized carbons (Fsp3) is 0.0476. The van der Waals surface area contributed by atoms with Crippen LogP contribution in [-0.2, 0) is 0 Å². The van der Waals surface area contributed by atoms with Crippen molar-refractivity contribution in [2.45, 2.75) is 6.36 Å². The molecule has 0 unspecified atom stereocenters. The van der Waals surface area contributed by atoms with Gasteiger partial charge >= 0.3 is 6.36 Å². The molecule has 3 rings (SSSR count). The number of alkyl halides is 3. The van der Waals surface area contributed by atoms with Crippen LogP contribution in [0.3, 0.4) is 0 Å². The van der Waals surface area contributed by atoms with Gasteiger partial charge < -0.3 is 4.74 Å². The van der Waals surface area contributed by atoms with E-state index in [2.05, 4.69) is 4.74 Å². The van der Waals surface area contributed by atoms with Crippen molar-refractivity contribution in [3.8, 4) is 16.9 Å². The van der Waals surface area contributed by atoms with Gasteiger partial charge in [0.15, 0.2) is 23.3 Å². The van der Waals surface area contributed by atoms with Gasteiger partial charge in [-0.3, -0.25) is 0 Å². The molecule has 0 amide bonds. The first-order chi connectivity index (χ1) is 14.5. The average molecular weight is 448 g/mol. The summed E-state index contributed by atoms with van der Waals surface area (Å²) in [7, 11) is 0. The second-order valence-electron chi connectivity index (χ2n) is 6.13. The molecule has 0 aliphatic heterocycles. The Labute approximate surface area is 169 Å². The topological polar surface area (TPSA) is 9.23 Å². The molecular formula is C21H9F9O. The lowest BCUT2D eigenvalue weighted by Crippen LogP contribution is -2.19.